The Hall–Kier alpha value is -1.02. The third kappa shape index (κ3) is 4.02. The molecular weight excluding hydrogens is 220 g/mol. The van der Waals surface area contributed by atoms with Gasteiger partial charge in [-0.3, -0.25) is 0 Å². The largest absolute Gasteiger partial charge is 0.372 e. The van der Waals surface area contributed by atoms with Gasteiger partial charge in [0.25, 0.3) is 0 Å². The molecule has 100 valence electrons. The third-order valence-corrected chi connectivity index (χ3v) is 3.46. The van der Waals surface area contributed by atoms with Crippen molar-refractivity contribution in [2.75, 3.05) is 18.0 Å². The minimum absolute atomic E-state index is 0.793. The minimum atomic E-state index is 0.793. The van der Waals surface area contributed by atoms with Gasteiger partial charge in [0.15, 0.2) is 0 Å². The van der Waals surface area contributed by atoms with Crippen molar-refractivity contribution in [1.82, 2.24) is 5.32 Å². The molecule has 1 aromatic rings. The number of nitrogens with one attached hydrogen (secondary N) is 1. The van der Waals surface area contributed by atoms with Crippen LogP contribution in [0.15, 0.2) is 24.3 Å². The van der Waals surface area contributed by atoms with E-state index in [9.17, 15) is 0 Å². The Balaban J connectivity index is 1.90. The Morgan fingerprint density at radius 1 is 1.06 bits per heavy atom. The summed E-state index contributed by atoms with van der Waals surface area (Å²) in [5, 5.41) is 3.56. The van der Waals surface area contributed by atoms with Crippen molar-refractivity contribution in [2.24, 2.45) is 0 Å². The number of hydrogen-bond acceptors (Lipinski definition) is 2. The Bertz CT molecular complexity index is 335. The van der Waals surface area contributed by atoms with E-state index < -0.39 is 0 Å². The van der Waals surface area contributed by atoms with E-state index in [2.05, 4.69) is 48.3 Å². The number of rotatable bonds is 8. The van der Waals surface area contributed by atoms with Crippen LogP contribution >= 0.6 is 0 Å². The van der Waals surface area contributed by atoms with Gasteiger partial charge < -0.3 is 10.2 Å². The van der Waals surface area contributed by atoms with Crippen LogP contribution in [0.5, 0.6) is 0 Å². The van der Waals surface area contributed by atoms with Gasteiger partial charge in [-0.2, -0.15) is 0 Å². The van der Waals surface area contributed by atoms with Crippen molar-refractivity contribution in [3.05, 3.63) is 29.8 Å². The summed E-state index contributed by atoms with van der Waals surface area (Å²) in [6, 6.07) is 9.87. The maximum Gasteiger partial charge on any atom is 0.0366 e. The molecule has 0 bridgehead atoms. The molecule has 18 heavy (non-hydrogen) atoms. The lowest BCUT2D eigenvalue weighted by atomic mass is 10.2. The molecule has 0 aliphatic heterocycles. The topological polar surface area (TPSA) is 15.3 Å². The minimum Gasteiger partial charge on any atom is -0.372 e. The fourth-order valence-electron chi connectivity index (χ4n) is 2.28. The Labute approximate surface area is 111 Å². The molecule has 0 saturated heterocycles. The molecule has 1 aromatic carbocycles. The third-order valence-electron chi connectivity index (χ3n) is 3.46. The Morgan fingerprint density at radius 3 is 2.17 bits per heavy atom. The van der Waals surface area contributed by atoms with Crippen molar-refractivity contribution in [3.8, 4) is 0 Å². The van der Waals surface area contributed by atoms with Gasteiger partial charge in [0.2, 0.25) is 0 Å². The summed E-state index contributed by atoms with van der Waals surface area (Å²) in [4.78, 5) is 2.48. The number of benzene rings is 1. The number of nitrogens with zero attached hydrogens (tertiary/aromatic N) is 1. The standard InChI is InChI=1S/C16H26N2/c1-3-11-18(12-4-2)16-9-5-14(6-10-16)13-17-15-7-8-15/h5-6,9-10,15,17H,3-4,7-8,11-13H2,1-2H3. The molecule has 2 nitrogen and oxygen atoms in total. The fourth-order valence-corrected chi connectivity index (χ4v) is 2.28. The van der Waals surface area contributed by atoms with Crippen LogP contribution in [0, 0.1) is 0 Å². The van der Waals surface area contributed by atoms with Crippen LogP contribution in [-0.4, -0.2) is 19.1 Å². The molecule has 0 aromatic heterocycles. The lowest BCUT2D eigenvalue weighted by Gasteiger charge is -2.24. The van der Waals surface area contributed by atoms with Gasteiger partial charge >= 0.3 is 0 Å². The summed E-state index contributed by atoms with van der Waals surface area (Å²) in [5.74, 6) is 0. The summed E-state index contributed by atoms with van der Waals surface area (Å²) in [6.07, 6.45) is 5.15. The molecule has 2 rings (SSSR count). The van der Waals surface area contributed by atoms with Crippen molar-refractivity contribution in [3.63, 3.8) is 0 Å². The van der Waals surface area contributed by atoms with Crippen LogP contribution < -0.4 is 10.2 Å². The average Bonchev–Trinajstić information content (AvgIpc) is 3.21. The highest BCUT2D eigenvalue weighted by atomic mass is 15.1. The van der Waals surface area contributed by atoms with Crippen molar-refractivity contribution in [1.29, 1.82) is 0 Å². The normalized spacial score (nSPS) is 14.8. The molecule has 0 unspecified atom stereocenters. The molecule has 0 atom stereocenters. The lowest BCUT2D eigenvalue weighted by molar-refractivity contribution is 0.687. The van der Waals surface area contributed by atoms with Gasteiger partial charge in [0, 0.05) is 31.4 Å². The van der Waals surface area contributed by atoms with Crippen LogP contribution in [0.25, 0.3) is 0 Å². The zero-order chi connectivity index (χ0) is 12.8. The monoisotopic (exact) mass is 246 g/mol. The first-order valence-electron chi connectivity index (χ1n) is 7.40. The lowest BCUT2D eigenvalue weighted by Crippen LogP contribution is -2.24. The van der Waals surface area contributed by atoms with E-state index in [0.717, 1.165) is 25.7 Å². The molecule has 2 heteroatoms. The molecule has 0 radical (unpaired) electrons. The van der Waals surface area contributed by atoms with Gasteiger partial charge in [-0.25, -0.2) is 0 Å². The molecule has 1 fully saturated rings. The summed E-state index contributed by atoms with van der Waals surface area (Å²) in [5.41, 5.74) is 2.77. The molecule has 1 aliphatic rings. The summed E-state index contributed by atoms with van der Waals surface area (Å²) in [6.45, 7) is 7.83. The zero-order valence-corrected chi connectivity index (χ0v) is 11.8. The second-order valence-electron chi connectivity index (χ2n) is 5.31. The van der Waals surface area contributed by atoms with Gasteiger partial charge in [-0.1, -0.05) is 26.0 Å². The van der Waals surface area contributed by atoms with E-state index in [-0.39, 0.29) is 0 Å². The van der Waals surface area contributed by atoms with Gasteiger partial charge in [-0.15, -0.1) is 0 Å². The molecule has 1 saturated carbocycles. The molecule has 0 heterocycles. The predicted molar refractivity (Wildman–Crippen MR) is 79.1 cm³/mol. The highest BCUT2D eigenvalue weighted by Crippen LogP contribution is 2.20. The van der Waals surface area contributed by atoms with E-state index in [0.29, 0.717) is 0 Å². The predicted octanol–water partition coefficient (Wildman–Crippen LogP) is 3.57. The first kappa shape index (κ1) is 13.4. The Morgan fingerprint density at radius 2 is 1.67 bits per heavy atom. The first-order valence-corrected chi connectivity index (χ1v) is 7.40. The first-order chi connectivity index (χ1) is 8.83. The van der Waals surface area contributed by atoms with Crippen LogP contribution in [0.4, 0.5) is 5.69 Å². The fraction of sp³-hybridized carbons (Fsp3) is 0.625. The van der Waals surface area contributed by atoms with E-state index in [4.69, 9.17) is 0 Å². The zero-order valence-electron chi connectivity index (χ0n) is 11.8. The molecule has 1 aliphatic carbocycles. The summed E-state index contributed by atoms with van der Waals surface area (Å²) in [7, 11) is 0. The number of anilines is 1. The van der Waals surface area contributed by atoms with Gasteiger partial charge in [0.05, 0.1) is 0 Å². The molecular formula is C16H26N2. The van der Waals surface area contributed by atoms with Crippen molar-refractivity contribution >= 4 is 5.69 Å². The Kier molecular flexibility index (Phi) is 5.06. The van der Waals surface area contributed by atoms with Crippen LogP contribution in [0.3, 0.4) is 0 Å². The van der Waals surface area contributed by atoms with E-state index in [1.807, 2.05) is 0 Å². The second kappa shape index (κ2) is 6.79. The van der Waals surface area contributed by atoms with Crippen LogP contribution in [-0.2, 0) is 6.54 Å². The van der Waals surface area contributed by atoms with Crippen molar-refractivity contribution < 1.29 is 0 Å². The maximum absolute atomic E-state index is 3.56. The highest BCUT2D eigenvalue weighted by molar-refractivity contribution is 5.47. The molecule has 0 spiro atoms. The van der Waals surface area contributed by atoms with Crippen LogP contribution in [0.2, 0.25) is 0 Å². The van der Waals surface area contributed by atoms with Gasteiger partial charge in [0.1, 0.15) is 0 Å². The molecule has 0 amide bonds. The summed E-state index contributed by atoms with van der Waals surface area (Å²) >= 11 is 0. The van der Waals surface area contributed by atoms with Crippen LogP contribution in [0.1, 0.15) is 45.1 Å². The average molecular weight is 246 g/mol. The quantitative estimate of drug-likeness (QED) is 0.754. The smallest absolute Gasteiger partial charge is 0.0366 e. The van der Waals surface area contributed by atoms with E-state index in [1.165, 1.54) is 36.9 Å². The number of hydrogen-bond donors (Lipinski definition) is 1. The van der Waals surface area contributed by atoms with E-state index >= 15 is 0 Å². The second-order valence-corrected chi connectivity index (χ2v) is 5.31. The van der Waals surface area contributed by atoms with E-state index in [1.54, 1.807) is 0 Å². The molecule has 1 N–H and O–H groups in total. The summed E-state index contributed by atoms with van der Waals surface area (Å²) < 4.78 is 0. The highest BCUT2D eigenvalue weighted by Gasteiger charge is 2.19. The maximum atomic E-state index is 3.56. The SMILES string of the molecule is CCCN(CCC)c1ccc(CNC2CC2)cc1. The van der Waals surface area contributed by atoms with Gasteiger partial charge in [-0.05, 0) is 43.4 Å². The van der Waals surface area contributed by atoms with Crippen molar-refractivity contribution in [2.45, 2.75) is 52.1 Å².